The fourth-order valence-corrected chi connectivity index (χ4v) is 2.84. The molecule has 2 heterocycles. The van der Waals surface area contributed by atoms with Gasteiger partial charge in [0.15, 0.2) is 5.96 Å². The monoisotopic (exact) mass is 342 g/mol. The number of nitrogens with zero attached hydrogens (tertiary/aromatic N) is 2. The molecular formula is C19H26N4O2. The molecule has 134 valence electrons. The standard InChI is InChI=1S/C19H26N4O2/c1-14-5-7-15(8-6-14)18-23-16(13-25-18)12-22-19(20-2)21-10-9-17-4-3-11-24-17/h5-8,13,17H,3-4,9-12H2,1-2H3,(H2,20,21,22). The van der Waals surface area contributed by atoms with Gasteiger partial charge in [0.1, 0.15) is 6.26 Å². The highest BCUT2D eigenvalue weighted by molar-refractivity contribution is 5.79. The maximum atomic E-state index is 5.63. The molecule has 1 aliphatic heterocycles. The van der Waals surface area contributed by atoms with Crippen molar-refractivity contribution < 1.29 is 9.15 Å². The predicted octanol–water partition coefficient (Wildman–Crippen LogP) is 2.88. The largest absolute Gasteiger partial charge is 0.444 e. The second-order valence-corrected chi connectivity index (χ2v) is 6.29. The van der Waals surface area contributed by atoms with E-state index in [-0.39, 0.29) is 0 Å². The van der Waals surface area contributed by atoms with Crippen LogP contribution < -0.4 is 10.6 Å². The van der Waals surface area contributed by atoms with E-state index in [9.17, 15) is 0 Å². The molecule has 0 aliphatic carbocycles. The number of hydrogen-bond acceptors (Lipinski definition) is 4. The van der Waals surface area contributed by atoms with Gasteiger partial charge < -0.3 is 19.8 Å². The van der Waals surface area contributed by atoms with Crippen molar-refractivity contribution in [1.82, 2.24) is 15.6 Å². The quantitative estimate of drug-likeness (QED) is 0.624. The highest BCUT2D eigenvalue weighted by atomic mass is 16.5. The molecule has 0 amide bonds. The number of ether oxygens (including phenoxy) is 1. The summed E-state index contributed by atoms with van der Waals surface area (Å²) >= 11 is 0. The Morgan fingerprint density at radius 2 is 2.12 bits per heavy atom. The molecule has 1 fully saturated rings. The zero-order valence-corrected chi connectivity index (χ0v) is 14.9. The number of aliphatic imine (C=N–C) groups is 1. The van der Waals surface area contributed by atoms with E-state index in [4.69, 9.17) is 9.15 Å². The van der Waals surface area contributed by atoms with Crippen molar-refractivity contribution in [3.8, 4) is 11.5 Å². The van der Waals surface area contributed by atoms with Gasteiger partial charge in [0.2, 0.25) is 5.89 Å². The molecule has 3 rings (SSSR count). The van der Waals surface area contributed by atoms with Gasteiger partial charge in [-0.3, -0.25) is 4.99 Å². The average molecular weight is 342 g/mol. The number of rotatable bonds is 6. The Bertz CT molecular complexity index is 688. The van der Waals surface area contributed by atoms with E-state index in [1.807, 2.05) is 12.1 Å². The third-order valence-corrected chi connectivity index (χ3v) is 4.29. The van der Waals surface area contributed by atoms with Crippen LogP contribution in [0.15, 0.2) is 39.9 Å². The Balaban J connectivity index is 1.46. The van der Waals surface area contributed by atoms with Gasteiger partial charge in [-0.05, 0) is 38.3 Å². The van der Waals surface area contributed by atoms with Crippen molar-refractivity contribution in [3.05, 3.63) is 41.8 Å². The fraction of sp³-hybridized carbons (Fsp3) is 0.474. The van der Waals surface area contributed by atoms with Crippen LogP contribution in [0.3, 0.4) is 0 Å². The molecule has 1 aromatic heterocycles. The van der Waals surface area contributed by atoms with Crippen molar-refractivity contribution in [2.45, 2.75) is 38.8 Å². The van der Waals surface area contributed by atoms with Gasteiger partial charge in [-0.25, -0.2) is 4.98 Å². The van der Waals surface area contributed by atoms with Crippen LogP contribution in [0.5, 0.6) is 0 Å². The number of aryl methyl sites for hydroxylation is 1. The van der Waals surface area contributed by atoms with E-state index in [1.165, 1.54) is 12.0 Å². The number of nitrogens with one attached hydrogen (secondary N) is 2. The molecule has 1 atom stereocenters. The lowest BCUT2D eigenvalue weighted by Gasteiger charge is -2.13. The van der Waals surface area contributed by atoms with Crippen molar-refractivity contribution in [2.24, 2.45) is 4.99 Å². The molecule has 25 heavy (non-hydrogen) atoms. The van der Waals surface area contributed by atoms with Crippen molar-refractivity contribution in [3.63, 3.8) is 0 Å². The lowest BCUT2D eigenvalue weighted by Crippen LogP contribution is -2.38. The first-order valence-corrected chi connectivity index (χ1v) is 8.82. The summed E-state index contributed by atoms with van der Waals surface area (Å²) in [5, 5.41) is 6.57. The van der Waals surface area contributed by atoms with E-state index in [2.05, 4.69) is 39.7 Å². The summed E-state index contributed by atoms with van der Waals surface area (Å²) < 4.78 is 11.2. The minimum absolute atomic E-state index is 0.387. The number of guanidine groups is 1. The zero-order chi connectivity index (χ0) is 17.5. The van der Waals surface area contributed by atoms with Gasteiger partial charge >= 0.3 is 0 Å². The molecule has 0 saturated carbocycles. The van der Waals surface area contributed by atoms with Gasteiger partial charge in [0, 0.05) is 25.8 Å². The lowest BCUT2D eigenvalue weighted by atomic mass is 10.1. The zero-order valence-electron chi connectivity index (χ0n) is 14.9. The third kappa shape index (κ3) is 5.06. The van der Waals surface area contributed by atoms with Crippen LogP contribution in [-0.2, 0) is 11.3 Å². The topological polar surface area (TPSA) is 71.7 Å². The molecule has 0 spiro atoms. The second kappa shape index (κ2) is 8.67. The Labute approximate surface area is 148 Å². The van der Waals surface area contributed by atoms with Crippen molar-refractivity contribution in [1.29, 1.82) is 0 Å². The molecule has 1 aromatic carbocycles. The summed E-state index contributed by atoms with van der Waals surface area (Å²) in [4.78, 5) is 8.76. The lowest BCUT2D eigenvalue weighted by molar-refractivity contribution is 0.105. The molecule has 1 aliphatic rings. The van der Waals surface area contributed by atoms with E-state index in [0.29, 0.717) is 18.5 Å². The summed E-state index contributed by atoms with van der Waals surface area (Å²) in [7, 11) is 1.77. The Hall–Kier alpha value is -2.34. The van der Waals surface area contributed by atoms with Gasteiger partial charge in [0.25, 0.3) is 0 Å². The SMILES string of the molecule is CN=C(NCCC1CCCO1)NCc1coc(-c2ccc(C)cc2)n1. The number of oxazole rings is 1. The summed E-state index contributed by atoms with van der Waals surface area (Å²) in [5.74, 6) is 1.40. The van der Waals surface area contributed by atoms with Gasteiger partial charge in [0.05, 0.1) is 18.3 Å². The third-order valence-electron chi connectivity index (χ3n) is 4.29. The van der Waals surface area contributed by atoms with Crippen molar-refractivity contribution >= 4 is 5.96 Å². The fourth-order valence-electron chi connectivity index (χ4n) is 2.84. The Morgan fingerprint density at radius 3 is 2.84 bits per heavy atom. The van der Waals surface area contributed by atoms with Gasteiger partial charge in [-0.2, -0.15) is 0 Å². The van der Waals surface area contributed by atoms with Crippen LogP contribution in [0.1, 0.15) is 30.5 Å². The second-order valence-electron chi connectivity index (χ2n) is 6.29. The van der Waals surface area contributed by atoms with E-state index in [1.54, 1.807) is 13.3 Å². The first-order chi connectivity index (χ1) is 12.2. The molecule has 6 heteroatoms. The minimum Gasteiger partial charge on any atom is -0.444 e. The molecule has 1 unspecified atom stereocenters. The van der Waals surface area contributed by atoms with Crippen LogP contribution >= 0.6 is 0 Å². The first kappa shape index (κ1) is 17.5. The number of hydrogen-bond donors (Lipinski definition) is 2. The summed E-state index contributed by atoms with van der Waals surface area (Å²) in [5.41, 5.74) is 3.05. The molecule has 2 aromatic rings. The molecule has 2 N–H and O–H groups in total. The smallest absolute Gasteiger partial charge is 0.226 e. The molecule has 0 bridgehead atoms. The van der Waals surface area contributed by atoms with Crippen LogP contribution in [0.4, 0.5) is 0 Å². The van der Waals surface area contributed by atoms with Crippen molar-refractivity contribution in [2.75, 3.05) is 20.2 Å². The Kier molecular flexibility index (Phi) is 6.06. The number of benzene rings is 1. The van der Waals surface area contributed by atoms with E-state index < -0.39 is 0 Å². The van der Waals surface area contributed by atoms with E-state index in [0.717, 1.165) is 43.2 Å². The molecule has 1 saturated heterocycles. The molecule has 0 radical (unpaired) electrons. The average Bonchev–Trinajstić information content (AvgIpc) is 3.30. The summed E-state index contributed by atoms with van der Waals surface area (Å²) in [6, 6.07) is 8.14. The number of aromatic nitrogens is 1. The first-order valence-electron chi connectivity index (χ1n) is 8.82. The van der Waals surface area contributed by atoms with Gasteiger partial charge in [-0.1, -0.05) is 17.7 Å². The van der Waals surface area contributed by atoms with Gasteiger partial charge in [-0.15, -0.1) is 0 Å². The normalized spacial score (nSPS) is 17.7. The van der Waals surface area contributed by atoms with Crippen LogP contribution in [0.25, 0.3) is 11.5 Å². The van der Waals surface area contributed by atoms with Crippen LogP contribution in [-0.4, -0.2) is 37.2 Å². The Morgan fingerprint density at radius 1 is 1.28 bits per heavy atom. The summed E-state index contributed by atoms with van der Waals surface area (Å²) in [6.45, 7) is 4.37. The van der Waals surface area contributed by atoms with Crippen LogP contribution in [0, 0.1) is 6.92 Å². The predicted molar refractivity (Wildman–Crippen MR) is 98.5 cm³/mol. The van der Waals surface area contributed by atoms with Crippen LogP contribution in [0.2, 0.25) is 0 Å². The molecular weight excluding hydrogens is 316 g/mol. The van der Waals surface area contributed by atoms with E-state index >= 15 is 0 Å². The molecule has 6 nitrogen and oxygen atoms in total. The highest BCUT2D eigenvalue weighted by Crippen LogP contribution is 2.19. The maximum absolute atomic E-state index is 5.63. The summed E-state index contributed by atoms with van der Waals surface area (Å²) in [6.07, 6.45) is 5.41. The minimum atomic E-state index is 0.387. The highest BCUT2D eigenvalue weighted by Gasteiger charge is 2.15. The maximum Gasteiger partial charge on any atom is 0.226 e.